The van der Waals surface area contributed by atoms with Crippen molar-refractivity contribution in [3.63, 3.8) is 0 Å². The van der Waals surface area contributed by atoms with E-state index in [1.54, 1.807) is 42.5 Å². The zero-order valence-electron chi connectivity index (χ0n) is 39.4. The van der Waals surface area contributed by atoms with Crippen LogP contribution in [0, 0.1) is 226 Å². The summed E-state index contributed by atoms with van der Waals surface area (Å²) in [7, 11) is 0. The molecule has 0 saturated heterocycles. The molecule has 0 aromatic rings. The Morgan fingerprint density at radius 1 is 0.475 bits per heavy atom. The van der Waals surface area contributed by atoms with Crippen molar-refractivity contribution in [2.45, 2.75) is 135 Å². The van der Waals surface area contributed by atoms with Crippen LogP contribution in [0.2, 0.25) is 0 Å². The number of halogens is 2. The van der Waals surface area contributed by atoms with Gasteiger partial charge in [-0.25, -0.2) is 4.79 Å². The van der Waals surface area contributed by atoms with Gasteiger partial charge in [0, 0.05) is 270 Å². The minimum atomic E-state index is -0.910. The van der Waals surface area contributed by atoms with Gasteiger partial charge in [0.05, 0.1) is 0 Å². The van der Waals surface area contributed by atoms with Crippen molar-refractivity contribution in [3.8, 4) is 0 Å². The topological polar surface area (TPSA) is 88.5 Å². The number of rotatable bonds is 7. The van der Waals surface area contributed by atoms with Crippen molar-refractivity contribution in [2.75, 3.05) is 0 Å². The summed E-state index contributed by atoms with van der Waals surface area (Å²) >= 11 is 4.24. The molecule has 0 spiro atoms. The molecule has 3 aliphatic rings. The molecular formula is C48H82Ar6I2O5. The van der Waals surface area contributed by atoms with E-state index in [1.165, 1.54) is 6.08 Å². The van der Waals surface area contributed by atoms with E-state index in [9.17, 15) is 19.2 Å². The van der Waals surface area contributed by atoms with Gasteiger partial charge in [0.25, 0.3) is 0 Å². The maximum Gasteiger partial charge on any atom is 0.327 e. The largest absolute Gasteiger partial charge is 0.478 e. The third-order valence-electron chi connectivity index (χ3n) is 4.15. The maximum atomic E-state index is 10.3. The van der Waals surface area contributed by atoms with Gasteiger partial charge in [0.2, 0.25) is 0 Å². The number of hydrogen-bond donors (Lipinski definition) is 1. The van der Waals surface area contributed by atoms with Crippen LogP contribution in [-0.2, 0) is 19.2 Å². The van der Waals surface area contributed by atoms with E-state index < -0.39 is 5.97 Å². The first kappa shape index (κ1) is 111. The summed E-state index contributed by atoms with van der Waals surface area (Å²) in [4.78, 5) is 40.6. The molecule has 0 saturated carbocycles. The van der Waals surface area contributed by atoms with E-state index in [0.29, 0.717) is 6.42 Å². The normalized spacial score (nSPS) is 10.0. The molecule has 0 atom stereocenters. The Kier molecular flexibility index (Phi) is 250. The molecule has 0 aromatic carbocycles. The second-order valence-corrected chi connectivity index (χ2v) is 7.78. The Bertz CT molecular complexity index is 940. The number of aliphatic carboxylic acids is 1. The van der Waals surface area contributed by atoms with Crippen LogP contribution in [0.1, 0.15) is 135 Å². The first-order chi connectivity index (χ1) is 26.8. The molecule has 0 radical (unpaired) electrons. The molecule has 0 fully saturated rings. The average molecular weight is 1230 g/mol. The third kappa shape index (κ3) is 162. The zero-order valence-corrected chi connectivity index (χ0v) is 48.0. The van der Waals surface area contributed by atoms with E-state index in [-0.39, 0.29) is 244 Å². The number of carbonyl (C=O) groups excluding carboxylic acids is 3. The average Bonchev–Trinajstić information content (AvgIpc) is 3.26. The van der Waals surface area contributed by atoms with Crippen LogP contribution in [0.4, 0.5) is 0 Å². The summed E-state index contributed by atoms with van der Waals surface area (Å²) in [6, 6.07) is 0. The Hall–Kier alpha value is 4.38. The van der Waals surface area contributed by atoms with E-state index in [0.717, 1.165) is 38.2 Å². The van der Waals surface area contributed by atoms with Gasteiger partial charge < -0.3 is 5.11 Å². The van der Waals surface area contributed by atoms with Gasteiger partial charge in [-0.15, -0.1) is 19.7 Å². The Labute approximate surface area is 581 Å². The van der Waals surface area contributed by atoms with Gasteiger partial charge in [-0.05, 0) is 88.8 Å². The number of hydrogen-bond acceptors (Lipinski definition) is 4. The number of carboxylic acids is 1. The first-order valence-corrected chi connectivity index (χ1v) is 25.8. The predicted octanol–water partition coefficient (Wildman–Crippen LogP) is 16.6. The van der Waals surface area contributed by atoms with Crippen LogP contribution < -0.4 is 0 Å². The smallest absolute Gasteiger partial charge is 0.327 e. The molecule has 3 rings (SSSR count). The summed E-state index contributed by atoms with van der Waals surface area (Å²) in [6.07, 6.45) is 42.1. The zero-order chi connectivity index (χ0) is 45.4. The standard InChI is InChI=1S/C6H8O2.3C6H6O.2C6H10.6C2H6.6Ar.I2/c1-2-3-4-5-6(7)8;3*7-6-4-2-1-3-5-6;2*1-3-5-6-4-2;6*1-2;;;;;;;1-2/h2,4-5H,1,3H2,(H,7,8);3*2-5H,1H2;2*3-4,6H,1,5H2,2H3;6*1-2H3;;;;;;;/b5-4-;;;;2*6-4-;;;;;;;;;;;;;. The van der Waals surface area contributed by atoms with Gasteiger partial charge in [-0.1, -0.05) is 168 Å². The van der Waals surface area contributed by atoms with E-state index in [1.807, 2.05) is 158 Å². The van der Waals surface area contributed by atoms with Crippen LogP contribution >= 0.6 is 37.2 Å². The Balaban J connectivity index is -0.0000000264. The first-order valence-electron chi connectivity index (χ1n) is 19.5. The van der Waals surface area contributed by atoms with Crippen LogP contribution in [-0.4, -0.2) is 28.4 Å². The number of carboxylic acid groups (broad SMARTS) is 1. The summed E-state index contributed by atoms with van der Waals surface area (Å²) < 4.78 is 0. The summed E-state index contributed by atoms with van der Waals surface area (Å²) in [6.45, 7) is 38.5. The number of allylic oxidation sites excluding steroid dienone is 20. The van der Waals surface area contributed by atoms with Crippen LogP contribution in [0.15, 0.2) is 147 Å². The number of carbonyl (C=O) groups is 4. The third-order valence-corrected chi connectivity index (χ3v) is 4.15. The maximum absolute atomic E-state index is 10.3. The van der Waals surface area contributed by atoms with Crippen LogP contribution in [0.25, 0.3) is 0 Å². The van der Waals surface area contributed by atoms with Gasteiger partial charge in [0.1, 0.15) is 0 Å². The summed E-state index contributed by atoms with van der Waals surface area (Å²) in [5.74, 6) is -0.601. The molecule has 0 amide bonds. The molecule has 0 bridgehead atoms. The Morgan fingerprint density at radius 2 is 0.656 bits per heavy atom. The van der Waals surface area contributed by atoms with E-state index >= 15 is 0 Å². The molecule has 1 N–H and O–H groups in total. The van der Waals surface area contributed by atoms with E-state index in [2.05, 4.69) is 69.1 Å². The fraction of sp³-hybridized carbons (Fsp3) is 0.417. The van der Waals surface area contributed by atoms with Gasteiger partial charge in [0.15, 0.2) is 17.3 Å². The minimum absolute atomic E-state index is 0. The van der Waals surface area contributed by atoms with Crippen molar-refractivity contribution in [2.24, 2.45) is 0 Å². The fourth-order valence-electron chi connectivity index (χ4n) is 2.24. The predicted molar refractivity (Wildman–Crippen MR) is 271 cm³/mol. The fourth-order valence-corrected chi connectivity index (χ4v) is 2.24. The second-order valence-electron chi connectivity index (χ2n) is 7.78. The van der Waals surface area contributed by atoms with E-state index in [4.69, 9.17) is 5.11 Å². The molecular weight excluding hydrogens is 1150 g/mol. The molecule has 0 aliphatic heterocycles. The molecule has 0 aromatic heterocycles. The molecule has 61 heavy (non-hydrogen) atoms. The van der Waals surface area contributed by atoms with Crippen molar-refractivity contribution in [3.05, 3.63) is 147 Å². The Morgan fingerprint density at radius 3 is 0.754 bits per heavy atom. The van der Waals surface area contributed by atoms with Crippen LogP contribution in [0.5, 0.6) is 0 Å². The molecule has 0 unspecified atom stereocenters. The molecule has 366 valence electrons. The second kappa shape index (κ2) is 137. The van der Waals surface area contributed by atoms with Crippen LogP contribution in [0.3, 0.4) is 0 Å². The summed E-state index contributed by atoms with van der Waals surface area (Å²) in [5.41, 5.74) is 0. The monoisotopic (exact) mass is 1230 g/mol. The molecule has 5 nitrogen and oxygen atoms in total. The molecule has 3 aliphatic carbocycles. The van der Waals surface area contributed by atoms with Gasteiger partial charge in [-0.3, -0.25) is 14.4 Å². The molecule has 0 heterocycles. The van der Waals surface area contributed by atoms with Gasteiger partial charge in [-0.2, -0.15) is 0 Å². The van der Waals surface area contributed by atoms with Crippen molar-refractivity contribution in [1.82, 2.24) is 0 Å². The summed E-state index contributed by atoms with van der Waals surface area (Å²) in [5, 5.41) is 8.02. The number of ketones is 3. The van der Waals surface area contributed by atoms with Crippen molar-refractivity contribution < 1.29 is 251 Å². The van der Waals surface area contributed by atoms with Crippen molar-refractivity contribution in [1.29, 1.82) is 0 Å². The van der Waals surface area contributed by atoms with Crippen molar-refractivity contribution >= 4 is 60.6 Å². The van der Waals surface area contributed by atoms with Gasteiger partial charge >= 0.3 is 5.97 Å². The molecule has 13 heteroatoms. The quantitative estimate of drug-likeness (QED) is 0.156. The SMILES string of the molecule is C=CC/C=C\C.C=CC/C=C\C.C=CC/C=C\C(=O)O.CC.CC.CC.CC.CC.CC.II.O=C1C=CCC=C1.O=C1C=CCC=C1.O=C1C=CCC=C1.[Ar].[Ar].[Ar].[Ar].[Ar].[Ar]. The minimum Gasteiger partial charge on any atom is -0.478 e.